The highest BCUT2D eigenvalue weighted by molar-refractivity contribution is 6.86. The summed E-state index contributed by atoms with van der Waals surface area (Å²) in [5.41, 5.74) is 13.2. The van der Waals surface area contributed by atoms with E-state index >= 15 is 0 Å². The Hall–Kier alpha value is -1.97. The Morgan fingerprint density at radius 2 is 1.17 bits per heavy atom. The predicted octanol–water partition coefficient (Wildman–Crippen LogP) is 5.37. The molecule has 4 N–H and O–H groups in total. The molecule has 160 valence electrons. The number of benzene rings is 2. The molecule has 2 aromatic carbocycles. The quantitative estimate of drug-likeness (QED) is 0.390. The maximum absolute atomic E-state index is 6.90. The van der Waals surface area contributed by atoms with Crippen LogP contribution in [0.25, 0.3) is 0 Å². The van der Waals surface area contributed by atoms with E-state index in [2.05, 4.69) is 40.0 Å². The van der Waals surface area contributed by atoms with Gasteiger partial charge in [0.25, 0.3) is 8.32 Å². The van der Waals surface area contributed by atoms with Gasteiger partial charge in [-0.15, -0.1) is 0 Å². The highest BCUT2D eigenvalue weighted by atomic mass is 28.4. The third-order valence-corrected chi connectivity index (χ3v) is 12.6. The average molecular weight is 433 g/mol. The van der Waals surface area contributed by atoms with E-state index in [1.807, 2.05) is 48.5 Å². The number of hydrogen-bond donors (Lipinski definition) is 2. The fraction of sp³-hybridized carbons (Fsp3) is 0.455. The Kier molecular flexibility index (Phi) is 7.79. The molecule has 0 spiro atoms. The van der Waals surface area contributed by atoms with Gasteiger partial charge < -0.3 is 25.1 Å². The molecule has 0 aromatic heterocycles. The van der Waals surface area contributed by atoms with Crippen LogP contribution in [-0.4, -0.2) is 28.1 Å². The molecule has 7 heteroatoms. The van der Waals surface area contributed by atoms with Crippen LogP contribution in [0, 0.1) is 0 Å². The Balaban J connectivity index is 2.39. The van der Waals surface area contributed by atoms with Gasteiger partial charge in [0.1, 0.15) is 23.0 Å². The summed E-state index contributed by atoms with van der Waals surface area (Å²) in [6.45, 7) is 13.2. The van der Waals surface area contributed by atoms with Crippen molar-refractivity contribution in [2.45, 2.75) is 64.3 Å². The molecule has 2 atom stereocenters. The van der Waals surface area contributed by atoms with E-state index in [9.17, 15) is 0 Å². The van der Waals surface area contributed by atoms with Gasteiger partial charge in [-0.3, -0.25) is 0 Å². The first-order valence-electron chi connectivity index (χ1n) is 10.3. The molecule has 0 saturated carbocycles. The third kappa shape index (κ3) is 6.52. The first-order chi connectivity index (χ1) is 13.6. The van der Waals surface area contributed by atoms with Crippen LogP contribution in [0.3, 0.4) is 0 Å². The van der Waals surface area contributed by atoms with E-state index in [0.29, 0.717) is 11.4 Å². The topological polar surface area (TPSA) is 79.7 Å². The van der Waals surface area contributed by atoms with Crippen molar-refractivity contribution >= 4 is 28.0 Å². The van der Waals surface area contributed by atoms with Crippen molar-refractivity contribution in [3.05, 3.63) is 48.5 Å². The van der Waals surface area contributed by atoms with E-state index in [0.717, 1.165) is 24.3 Å². The molecule has 2 rings (SSSR count). The van der Waals surface area contributed by atoms with Gasteiger partial charge in [0.05, 0.1) is 0 Å². The zero-order chi connectivity index (χ0) is 21.7. The molecule has 0 aliphatic heterocycles. The minimum atomic E-state index is -2.51. The smallest absolute Gasteiger partial charge is 0.261 e. The lowest BCUT2D eigenvalue weighted by Crippen LogP contribution is -2.64. The van der Waals surface area contributed by atoms with Crippen molar-refractivity contribution in [3.63, 3.8) is 0 Å². The molecule has 0 aliphatic carbocycles. The molecular weight excluding hydrogens is 396 g/mol. The van der Waals surface area contributed by atoms with Gasteiger partial charge >= 0.3 is 0 Å². The molecule has 2 aromatic rings. The van der Waals surface area contributed by atoms with Gasteiger partial charge in [0, 0.05) is 23.5 Å². The van der Waals surface area contributed by atoms with Gasteiger partial charge in [-0.05, 0) is 63.3 Å². The summed E-state index contributed by atoms with van der Waals surface area (Å²) in [6.07, 6.45) is 1.66. The summed E-state index contributed by atoms with van der Waals surface area (Å²) >= 11 is 0. The van der Waals surface area contributed by atoms with Gasteiger partial charge in [0.15, 0.2) is 8.32 Å². The number of nitrogen functional groups attached to an aromatic ring is 2. The summed E-state index contributed by atoms with van der Waals surface area (Å²) < 4.78 is 19.8. The van der Waals surface area contributed by atoms with E-state index in [1.165, 1.54) is 0 Å². The normalized spacial score (nSPS) is 15.9. The first kappa shape index (κ1) is 23.3. The van der Waals surface area contributed by atoms with Crippen LogP contribution in [-0.2, 0) is 4.12 Å². The fourth-order valence-corrected chi connectivity index (χ4v) is 12.8. The van der Waals surface area contributed by atoms with Gasteiger partial charge in [-0.2, -0.15) is 0 Å². The largest absolute Gasteiger partial charge is 0.491 e. The van der Waals surface area contributed by atoms with Crippen molar-refractivity contribution in [2.75, 3.05) is 11.5 Å². The maximum Gasteiger partial charge on any atom is 0.261 e. The Morgan fingerprint density at radius 1 is 0.759 bits per heavy atom. The minimum Gasteiger partial charge on any atom is -0.491 e. The molecule has 0 saturated heterocycles. The second kappa shape index (κ2) is 9.69. The van der Waals surface area contributed by atoms with Crippen molar-refractivity contribution in [1.29, 1.82) is 0 Å². The van der Waals surface area contributed by atoms with Crippen LogP contribution in [0.5, 0.6) is 11.5 Å². The molecule has 2 unspecified atom stereocenters. The predicted molar refractivity (Wildman–Crippen MR) is 127 cm³/mol. The molecule has 0 fully saturated rings. The maximum atomic E-state index is 6.90. The summed E-state index contributed by atoms with van der Waals surface area (Å²) in [6, 6.07) is 15.2. The Labute approximate surface area is 177 Å². The van der Waals surface area contributed by atoms with Crippen LogP contribution in [0.2, 0.25) is 26.2 Å². The molecular formula is C22H36N2O3Si2. The minimum absolute atomic E-state index is 0.0676. The lowest BCUT2D eigenvalue weighted by Gasteiger charge is -2.44. The summed E-state index contributed by atoms with van der Waals surface area (Å²) in [7, 11) is -4.36. The van der Waals surface area contributed by atoms with E-state index in [4.69, 9.17) is 25.1 Å². The van der Waals surface area contributed by atoms with Crippen molar-refractivity contribution in [3.8, 4) is 11.5 Å². The van der Waals surface area contributed by atoms with Crippen LogP contribution >= 0.6 is 0 Å². The summed E-state index contributed by atoms with van der Waals surface area (Å²) in [5, 5.41) is 0. The second-order valence-corrected chi connectivity index (χ2v) is 17.3. The Morgan fingerprint density at radius 3 is 1.48 bits per heavy atom. The molecule has 0 radical (unpaired) electrons. The van der Waals surface area contributed by atoms with Crippen molar-refractivity contribution in [2.24, 2.45) is 0 Å². The number of rotatable bonds is 10. The molecule has 0 heterocycles. The molecule has 29 heavy (non-hydrogen) atoms. The highest BCUT2D eigenvalue weighted by Crippen LogP contribution is 2.31. The number of anilines is 2. The zero-order valence-electron chi connectivity index (χ0n) is 18.6. The van der Waals surface area contributed by atoms with E-state index < -0.39 is 16.6 Å². The van der Waals surface area contributed by atoms with Crippen LogP contribution < -0.4 is 20.9 Å². The average Bonchev–Trinajstić information content (AvgIpc) is 2.62. The summed E-state index contributed by atoms with van der Waals surface area (Å²) in [4.78, 5) is 0. The van der Waals surface area contributed by atoms with Crippen LogP contribution in [0.1, 0.15) is 26.7 Å². The lowest BCUT2D eigenvalue weighted by molar-refractivity contribution is 0.189. The lowest BCUT2D eigenvalue weighted by atomic mass is 10.3. The van der Waals surface area contributed by atoms with Crippen LogP contribution in [0.4, 0.5) is 11.4 Å². The van der Waals surface area contributed by atoms with E-state index in [-0.39, 0.29) is 11.5 Å². The molecule has 0 aliphatic rings. The SMILES string of the molecule is CCC(Oc1cccc(N)c1)[Si](C)(O[Si](C)(C)C)C(CC)Oc1cccc(N)c1. The molecule has 0 amide bonds. The third-order valence-electron chi connectivity index (χ3n) is 4.82. The fourth-order valence-electron chi connectivity index (χ4n) is 3.71. The number of hydrogen-bond acceptors (Lipinski definition) is 5. The van der Waals surface area contributed by atoms with Crippen molar-refractivity contribution < 1.29 is 13.6 Å². The van der Waals surface area contributed by atoms with Gasteiger partial charge in [-0.1, -0.05) is 26.0 Å². The highest BCUT2D eigenvalue weighted by Gasteiger charge is 2.50. The monoisotopic (exact) mass is 432 g/mol. The number of ether oxygens (including phenoxy) is 2. The number of nitrogens with two attached hydrogens (primary N) is 2. The van der Waals surface area contributed by atoms with Gasteiger partial charge in [-0.25, -0.2) is 0 Å². The molecule has 5 nitrogen and oxygen atoms in total. The standard InChI is InChI=1S/C22H36N2O3Si2/c1-7-21(25-19-13-9-11-17(23)15-19)29(6,27-28(3,4)5)22(8-2)26-20-14-10-12-18(24)16-20/h9-16,21-22H,7-8,23-24H2,1-6H3. The summed E-state index contributed by atoms with van der Waals surface area (Å²) in [5.74, 6) is 1.54. The zero-order valence-corrected chi connectivity index (χ0v) is 20.6. The second-order valence-electron chi connectivity index (χ2n) is 8.57. The molecule has 0 bridgehead atoms. The van der Waals surface area contributed by atoms with Crippen molar-refractivity contribution in [1.82, 2.24) is 0 Å². The van der Waals surface area contributed by atoms with Crippen LogP contribution in [0.15, 0.2) is 48.5 Å². The Bertz CT molecular complexity index is 740. The van der Waals surface area contributed by atoms with Gasteiger partial charge in [0.2, 0.25) is 0 Å². The van der Waals surface area contributed by atoms with E-state index in [1.54, 1.807) is 0 Å². The first-order valence-corrected chi connectivity index (χ1v) is 16.3.